The molecule has 0 aliphatic heterocycles. The number of aliphatic carboxylic acids is 1. The van der Waals surface area contributed by atoms with Crippen molar-refractivity contribution in [3.8, 4) is 0 Å². The number of carboxylic acid groups (broad SMARTS) is 1. The number of para-hydroxylation sites is 1. The zero-order valence-electron chi connectivity index (χ0n) is 12.8. The molecule has 0 saturated heterocycles. The predicted molar refractivity (Wildman–Crippen MR) is 83.5 cm³/mol. The third-order valence-electron chi connectivity index (χ3n) is 3.43. The molecule has 0 aliphatic rings. The molecular weight excluding hydrogens is 268 g/mol. The number of hydrogen-bond donors (Lipinski definition) is 3. The summed E-state index contributed by atoms with van der Waals surface area (Å²) in [5.74, 6) is -0.483. The number of amides is 2. The van der Waals surface area contributed by atoms with Gasteiger partial charge in [0.05, 0.1) is 0 Å². The normalized spacial score (nSPS) is 12.0. The van der Waals surface area contributed by atoms with Crippen molar-refractivity contribution in [3.63, 3.8) is 0 Å². The van der Waals surface area contributed by atoms with E-state index in [2.05, 4.69) is 24.5 Å². The molecule has 1 rings (SSSR count). The van der Waals surface area contributed by atoms with Crippen LogP contribution in [0.2, 0.25) is 0 Å². The summed E-state index contributed by atoms with van der Waals surface area (Å²) in [6, 6.07) is 7.14. The topological polar surface area (TPSA) is 78.4 Å². The van der Waals surface area contributed by atoms with E-state index in [4.69, 9.17) is 5.11 Å². The van der Waals surface area contributed by atoms with Crippen molar-refractivity contribution in [2.75, 3.05) is 5.32 Å². The minimum Gasteiger partial charge on any atom is -0.481 e. The first kappa shape index (κ1) is 17.0. The van der Waals surface area contributed by atoms with E-state index in [-0.39, 0.29) is 18.5 Å². The summed E-state index contributed by atoms with van der Waals surface area (Å²) in [6.07, 6.45) is 1.31. The molecule has 1 unspecified atom stereocenters. The average Bonchev–Trinajstić information content (AvgIpc) is 2.43. The molecule has 3 N–H and O–H groups in total. The third-order valence-corrected chi connectivity index (χ3v) is 3.43. The predicted octanol–water partition coefficient (Wildman–Crippen LogP) is 3.26. The van der Waals surface area contributed by atoms with Crippen molar-refractivity contribution < 1.29 is 14.7 Å². The summed E-state index contributed by atoms with van der Waals surface area (Å²) in [5, 5.41) is 14.5. The third kappa shape index (κ3) is 5.85. The first-order valence-corrected chi connectivity index (χ1v) is 7.31. The molecule has 1 aromatic rings. The van der Waals surface area contributed by atoms with E-state index in [1.165, 1.54) is 0 Å². The van der Waals surface area contributed by atoms with Gasteiger partial charge in [-0.25, -0.2) is 4.79 Å². The molecule has 0 heterocycles. The molecule has 0 spiro atoms. The van der Waals surface area contributed by atoms with Gasteiger partial charge in [-0.1, -0.05) is 39.0 Å². The Bertz CT molecular complexity index is 486. The van der Waals surface area contributed by atoms with E-state index in [0.29, 0.717) is 18.0 Å². The Hall–Kier alpha value is -2.04. The summed E-state index contributed by atoms with van der Waals surface area (Å²) >= 11 is 0. The first-order valence-electron chi connectivity index (χ1n) is 7.31. The fraction of sp³-hybridized carbons (Fsp3) is 0.500. The van der Waals surface area contributed by atoms with Crippen LogP contribution in [0.5, 0.6) is 0 Å². The number of aryl methyl sites for hydroxylation is 1. The number of nitrogens with one attached hydrogen (secondary N) is 2. The molecule has 21 heavy (non-hydrogen) atoms. The van der Waals surface area contributed by atoms with Crippen LogP contribution in [0.3, 0.4) is 0 Å². The van der Waals surface area contributed by atoms with Gasteiger partial charge in [0, 0.05) is 18.2 Å². The van der Waals surface area contributed by atoms with Gasteiger partial charge in [-0.05, 0) is 30.4 Å². The number of carbonyl (C=O) groups excluding carboxylic acids is 1. The zero-order valence-corrected chi connectivity index (χ0v) is 12.8. The zero-order chi connectivity index (χ0) is 15.8. The van der Waals surface area contributed by atoms with Crippen molar-refractivity contribution in [3.05, 3.63) is 29.8 Å². The molecule has 1 aromatic carbocycles. The number of hydrogen-bond acceptors (Lipinski definition) is 2. The molecule has 0 radical (unpaired) electrons. The van der Waals surface area contributed by atoms with Crippen LogP contribution in [-0.2, 0) is 11.2 Å². The lowest BCUT2D eigenvalue weighted by Crippen LogP contribution is -2.40. The molecule has 0 saturated carbocycles. The summed E-state index contributed by atoms with van der Waals surface area (Å²) in [5.41, 5.74) is 1.49. The maximum atomic E-state index is 12.0. The van der Waals surface area contributed by atoms with Crippen molar-refractivity contribution >= 4 is 17.7 Å². The highest BCUT2D eigenvalue weighted by molar-refractivity contribution is 5.90. The van der Waals surface area contributed by atoms with E-state index < -0.39 is 5.97 Å². The molecule has 5 heteroatoms. The van der Waals surface area contributed by atoms with Crippen LogP contribution in [0.15, 0.2) is 24.3 Å². The maximum Gasteiger partial charge on any atom is 0.319 e. The molecule has 0 aliphatic carbocycles. The SMILES string of the molecule is CCC(NC(=O)Nc1ccccc1CCC(=O)O)C(C)C. The van der Waals surface area contributed by atoms with Crippen LogP contribution in [0.4, 0.5) is 10.5 Å². The summed E-state index contributed by atoms with van der Waals surface area (Å²) in [4.78, 5) is 22.7. The molecule has 116 valence electrons. The van der Waals surface area contributed by atoms with Crippen LogP contribution in [0, 0.1) is 5.92 Å². The Balaban J connectivity index is 2.69. The number of benzene rings is 1. The van der Waals surface area contributed by atoms with E-state index >= 15 is 0 Å². The molecule has 2 amide bonds. The number of carboxylic acids is 1. The van der Waals surface area contributed by atoms with E-state index in [1.54, 1.807) is 6.07 Å². The molecule has 1 atom stereocenters. The van der Waals surface area contributed by atoms with Crippen LogP contribution < -0.4 is 10.6 Å². The quantitative estimate of drug-likeness (QED) is 0.721. The highest BCUT2D eigenvalue weighted by Crippen LogP contribution is 2.17. The number of urea groups is 1. The number of anilines is 1. The highest BCUT2D eigenvalue weighted by Gasteiger charge is 2.14. The fourth-order valence-electron chi connectivity index (χ4n) is 2.17. The van der Waals surface area contributed by atoms with E-state index in [0.717, 1.165) is 12.0 Å². The molecule has 0 bridgehead atoms. The Kier molecular flexibility index (Phi) is 6.72. The van der Waals surface area contributed by atoms with Gasteiger partial charge in [0.1, 0.15) is 0 Å². The second kappa shape index (κ2) is 8.29. The summed E-state index contributed by atoms with van der Waals surface area (Å²) in [7, 11) is 0. The summed E-state index contributed by atoms with van der Waals surface area (Å²) < 4.78 is 0. The van der Waals surface area contributed by atoms with Crippen molar-refractivity contribution in [1.82, 2.24) is 5.32 Å². The Morgan fingerprint density at radius 2 is 1.90 bits per heavy atom. The van der Waals surface area contributed by atoms with Gasteiger partial charge in [-0.2, -0.15) is 0 Å². The number of rotatable bonds is 7. The standard InChI is InChI=1S/C16H24N2O3/c1-4-13(11(2)3)17-16(21)18-14-8-6-5-7-12(14)9-10-15(19)20/h5-8,11,13H,4,9-10H2,1-3H3,(H,19,20)(H2,17,18,21). The van der Waals surface area contributed by atoms with Gasteiger partial charge in [-0.15, -0.1) is 0 Å². The van der Waals surface area contributed by atoms with Gasteiger partial charge in [0.25, 0.3) is 0 Å². The maximum absolute atomic E-state index is 12.0. The van der Waals surface area contributed by atoms with Crippen LogP contribution in [0.25, 0.3) is 0 Å². The minimum atomic E-state index is -0.847. The molecule has 5 nitrogen and oxygen atoms in total. The molecule has 0 aromatic heterocycles. The summed E-state index contributed by atoms with van der Waals surface area (Å²) in [6.45, 7) is 6.16. The van der Waals surface area contributed by atoms with Gasteiger partial charge in [0.2, 0.25) is 0 Å². The monoisotopic (exact) mass is 292 g/mol. The lowest BCUT2D eigenvalue weighted by atomic mass is 10.0. The van der Waals surface area contributed by atoms with Crippen LogP contribution >= 0.6 is 0 Å². The van der Waals surface area contributed by atoms with E-state index in [1.807, 2.05) is 25.1 Å². The smallest absolute Gasteiger partial charge is 0.319 e. The minimum absolute atomic E-state index is 0.0455. The molecular formula is C16H24N2O3. The van der Waals surface area contributed by atoms with Gasteiger partial charge in [0.15, 0.2) is 0 Å². The second-order valence-electron chi connectivity index (χ2n) is 5.41. The van der Waals surface area contributed by atoms with Gasteiger partial charge in [-0.3, -0.25) is 4.79 Å². The lowest BCUT2D eigenvalue weighted by Gasteiger charge is -2.21. The Morgan fingerprint density at radius 1 is 1.24 bits per heavy atom. The Labute approximate surface area is 125 Å². The average molecular weight is 292 g/mol. The number of carbonyl (C=O) groups is 2. The van der Waals surface area contributed by atoms with Gasteiger partial charge >= 0.3 is 12.0 Å². The first-order chi connectivity index (χ1) is 9.93. The van der Waals surface area contributed by atoms with Crippen molar-refractivity contribution in [1.29, 1.82) is 0 Å². The van der Waals surface area contributed by atoms with Gasteiger partial charge < -0.3 is 15.7 Å². The van der Waals surface area contributed by atoms with Crippen molar-refractivity contribution in [2.45, 2.75) is 46.1 Å². The Morgan fingerprint density at radius 3 is 2.48 bits per heavy atom. The largest absolute Gasteiger partial charge is 0.481 e. The molecule has 0 fully saturated rings. The van der Waals surface area contributed by atoms with E-state index in [9.17, 15) is 9.59 Å². The highest BCUT2D eigenvalue weighted by atomic mass is 16.4. The lowest BCUT2D eigenvalue weighted by molar-refractivity contribution is -0.136. The van der Waals surface area contributed by atoms with Crippen molar-refractivity contribution in [2.24, 2.45) is 5.92 Å². The second-order valence-corrected chi connectivity index (χ2v) is 5.41. The fourth-order valence-corrected chi connectivity index (χ4v) is 2.17. The van der Waals surface area contributed by atoms with Crippen LogP contribution in [0.1, 0.15) is 39.2 Å². The van der Waals surface area contributed by atoms with Crippen LogP contribution in [-0.4, -0.2) is 23.1 Å².